The molecule has 1 aromatic carbocycles. The number of ketones is 1. The molecule has 0 radical (unpaired) electrons. The molecule has 0 amide bonds. The van der Waals surface area contributed by atoms with Crippen LogP contribution in [0.25, 0.3) is 0 Å². The van der Waals surface area contributed by atoms with Gasteiger partial charge in [0, 0.05) is 17.2 Å². The van der Waals surface area contributed by atoms with Crippen LogP contribution in [0.15, 0.2) is 46.8 Å². The molecular formula is C18H14N2O4. The van der Waals surface area contributed by atoms with Crippen molar-refractivity contribution >= 4 is 11.8 Å². The molecule has 3 aliphatic heterocycles. The van der Waals surface area contributed by atoms with E-state index in [1.165, 1.54) is 0 Å². The second kappa shape index (κ2) is 5.62. The lowest BCUT2D eigenvalue weighted by Crippen LogP contribution is -2.41. The molecule has 0 saturated heterocycles. The molecule has 0 saturated carbocycles. The van der Waals surface area contributed by atoms with Gasteiger partial charge in [-0.25, -0.2) is 4.79 Å². The summed E-state index contributed by atoms with van der Waals surface area (Å²) < 4.78 is 10.4. The number of cyclic esters (lactones) is 1. The summed E-state index contributed by atoms with van der Waals surface area (Å²) in [6, 6.07) is 9.29. The van der Waals surface area contributed by atoms with E-state index in [0.717, 1.165) is 16.8 Å². The first-order valence-electron chi connectivity index (χ1n) is 7.70. The Labute approximate surface area is 138 Å². The number of nitriles is 1. The number of nitrogens with zero attached hydrogens (tertiary/aromatic N) is 1. The van der Waals surface area contributed by atoms with E-state index in [4.69, 9.17) is 9.47 Å². The third kappa shape index (κ3) is 2.22. The highest BCUT2D eigenvalue weighted by molar-refractivity contribution is 6.10. The van der Waals surface area contributed by atoms with E-state index in [1.54, 1.807) is 18.2 Å². The van der Waals surface area contributed by atoms with Crippen molar-refractivity contribution in [2.45, 2.75) is 12.3 Å². The average molecular weight is 322 g/mol. The highest BCUT2D eigenvalue weighted by atomic mass is 16.5. The Bertz CT molecular complexity index is 860. The molecule has 0 fully saturated rings. The lowest BCUT2D eigenvalue weighted by molar-refractivity contribution is -0.145. The second-order valence-electron chi connectivity index (χ2n) is 5.89. The number of rotatable bonds is 1. The van der Waals surface area contributed by atoms with Crippen molar-refractivity contribution in [1.82, 2.24) is 5.32 Å². The number of hydrogen-bond donors (Lipinski definition) is 1. The molecule has 24 heavy (non-hydrogen) atoms. The minimum Gasteiger partial charge on any atom is -0.453 e. The topological polar surface area (TPSA) is 88.4 Å². The fraction of sp³-hybridized carbons (Fsp3) is 0.278. The van der Waals surface area contributed by atoms with Gasteiger partial charge in [0.1, 0.15) is 5.70 Å². The minimum absolute atomic E-state index is 0.197. The molecule has 120 valence electrons. The molecule has 0 bridgehead atoms. The fourth-order valence-electron chi connectivity index (χ4n) is 3.47. The maximum Gasteiger partial charge on any atom is 0.355 e. The van der Waals surface area contributed by atoms with Crippen LogP contribution in [0.3, 0.4) is 0 Å². The molecule has 1 aromatic rings. The number of benzene rings is 1. The van der Waals surface area contributed by atoms with Gasteiger partial charge in [-0.15, -0.1) is 0 Å². The Hall–Kier alpha value is -2.91. The first kappa shape index (κ1) is 14.7. The third-order valence-electron chi connectivity index (χ3n) is 4.52. The lowest BCUT2D eigenvalue weighted by atomic mass is 9.76. The third-order valence-corrected chi connectivity index (χ3v) is 4.52. The van der Waals surface area contributed by atoms with Gasteiger partial charge in [-0.05, 0) is 29.7 Å². The molecule has 1 atom stereocenters. The summed E-state index contributed by atoms with van der Waals surface area (Å²) in [6.07, 6.45) is 0.670. The summed E-state index contributed by atoms with van der Waals surface area (Å²) in [5.74, 6) is -1.07. The quantitative estimate of drug-likeness (QED) is 0.784. The van der Waals surface area contributed by atoms with Crippen LogP contribution in [-0.4, -0.2) is 31.6 Å². The maximum atomic E-state index is 12.5. The summed E-state index contributed by atoms with van der Waals surface area (Å²) in [5, 5.41) is 12.2. The Morgan fingerprint density at radius 3 is 2.96 bits per heavy atom. The van der Waals surface area contributed by atoms with E-state index in [9.17, 15) is 14.9 Å². The molecule has 1 unspecified atom stereocenters. The minimum atomic E-state index is -0.525. The van der Waals surface area contributed by atoms with Crippen LogP contribution in [-0.2, 0) is 19.1 Å². The molecule has 3 aliphatic rings. The van der Waals surface area contributed by atoms with Crippen LogP contribution >= 0.6 is 0 Å². The largest absolute Gasteiger partial charge is 0.453 e. The molecule has 0 aromatic heterocycles. The van der Waals surface area contributed by atoms with Gasteiger partial charge >= 0.3 is 5.97 Å². The number of dihydropyridines is 1. The van der Waals surface area contributed by atoms with Crippen molar-refractivity contribution in [3.63, 3.8) is 0 Å². The van der Waals surface area contributed by atoms with Gasteiger partial charge in [-0.3, -0.25) is 4.79 Å². The van der Waals surface area contributed by atoms with Crippen LogP contribution < -0.4 is 5.32 Å². The van der Waals surface area contributed by atoms with Gasteiger partial charge < -0.3 is 14.8 Å². The fourth-order valence-corrected chi connectivity index (χ4v) is 3.47. The van der Waals surface area contributed by atoms with Crippen molar-refractivity contribution in [2.75, 3.05) is 19.8 Å². The number of nitrogens with one attached hydrogen (secondary N) is 1. The van der Waals surface area contributed by atoms with Crippen LogP contribution in [0.4, 0.5) is 0 Å². The molecule has 4 rings (SSSR count). The van der Waals surface area contributed by atoms with E-state index in [-0.39, 0.29) is 24.0 Å². The van der Waals surface area contributed by atoms with Crippen LogP contribution in [0.2, 0.25) is 0 Å². The first-order valence-corrected chi connectivity index (χ1v) is 7.70. The van der Waals surface area contributed by atoms with Gasteiger partial charge in [0.05, 0.1) is 24.8 Å². The number of Topliss-reactive ketones (excluding diaryl/α,β-unsaturated/α-hetero) is 1. The Balaban J connectivity index is 1.92. The summed E-state index contributed by atoms with van der Waals surface area (Å²) in [7, 11) is 0. The summed E-state index contributed by atoms with van der Waals surface area (Å²) in [5.41, 5.74) is 3.83. The van der Waals surface area contributed by atoms with Crippen molar-refractivity contribution in [1.29, 1.82) is 5.26 Å². The predicted octanol–water partition coefficient (Wildman–Crippen LogP) is 1.30. The molecule has 1 N–H and O–H groups in total. The highest BCUT2D eigenvalue weighted by Gasteiger charge is 2.41. The van der Waals surface area contributed by atoms with Crippen molar-refractivity contribution in [3.05, 3.63) is 57.9 Å². The van der Waals surface area contributed by atoms with E-state index in [0.29, 0.717) is 30.8 Å². The Kier molecular flexibility index (Phi) is 3.44. The van der Waals surface area contributed by atoms with E-state index in [2.05, 4.69) is 11.4 Å². The number of carbonyl (C=O) groups is 2. The average Bonchev–Trinajstić information content (AvgIpc) is 2.63. The molecule has 6 heteroatoms. The Morgan fingerprint density at radius 1 is 1.25 bits per heavy atom. The Morgan fingerprint density at radius 2 is 2.12 bits per heavy atom. The molecular weight excluding hydrogens is 308 g/mol. The first-order chi connectivity index (χ1) is 11.7. The van der Waals surface area contributed by atoms with Gasteiger partial charge in [-0.2, -0.15) is 5.26 Å². The zero-order chi connectivity index (χ0) is 16.7. The molecule has 3 heterocycles. The number of ether oxygens (including phenoxy) is 2. The molecule has 6 nitrogen and oxygen atoms in total. The van der Waals surface area contributed by atoms with E-state index < -0.39 is 5.97 Å². The second-order valence-corrected chi connectivity index (χ2v) is 5.89. The summed E-state index contributed by atoms with van der Waals surface area (Å²) in [6.45, 7) is 0.686. The predicted molar refractivity (Wildman–Crippen MR) is 82.5 cm³/mol. The zero-order valence-electron chi connectivity index (χ0n) is 12.8. The van der Waals surface area contributed by atoms with E-state index in [1.807, 2.05) is 6.07 Å². The van der Waals surface area contributed by atoms with Crippen molar-refractivity contribution < 1.29 is 19.1 Å². The van der Waals surface area contributed by atoms with Gasteiger partial charge in [0.15, 0.2) is 12.4 Å². The molecule has 0 spiro atoms. The van der Waals surface area contributed by atoms with E-state index >= 15 is 0 Å². The van der Waals surface area contributed by atoms with Gasteiger partial charge in [0.25, 0.3) is 0 Å². The highest BCUT2D eigenvalue weighted by Crippen LogP contribution is 2.42. The standard InChI is InChI=1S/C18H14N2O4/c19-7-10-2-1-3-11(6-10)15-12-4-5-23-8-13(12)20-17-16(15)14(21)9-24-18(17)22/h1-3,6,15,20H,4-5,8-9H2. The zero-order valence-corrected chi connectivity index (χ0v) is 12.8. The maximum absolute atomic E-state index is 12.5. The monoisotopic (exact) mass is 322 g/mol. The summed E-state index contributed by atoms with van der Waals surface area (Å²) >= 11 is 0. The lowest BCUT2D eigenvalue weighted by Gasteiger charge is -2.36. The SMILES string of the molecule is N#Cc1cccc(C2C3=C(COCC3)NC3=C2C(=O)COC3=O)c1. The van der Waals surface area contributed by atoms with Crippen molar-refractivity contribution in [3.8, 4) is 6.07 Å². The number of carbonyl (C=O) groups excluding carboxylic acids is 2. The summed E-state index contributed by atoms with van der Waals surface area (Å²) in [4.78, 5) is 24.6. The smallest absolute Gasteiger partial charge is 0.355 e. The van der Waals surface area contributed by atoms with Gasteiger partial charge in [-0.1, -0.05) is 12.1 Å². The van der Waals surface area contributed by atoms with Crippen LogP contribution in [0.5, 0.6) is 0 Å². The normalized spacial score (nSPS) is 23.0. The number of hydrogen-bond acceptors (Lipinski definition) is 6. The van der Waals surface area contributed by atoms with Crippen molar-refractivity contribution in [2.24, 2.45) is 0 Å². The number of esters is 1. The van der Waals surface area contributed by atoms with Gasteiger partial charge in [0.2, 0.25) is 0 Å². The van der Waals surface area contributed by atoms with Crippen LogP contribution in [0, 0.1) is 11.3 Å². The van der Waals surface area contributed by atoms with Crippen LogP contribution in [0.1, 0.15) is 23.5 Å². The molecule has 0 aliphatic carbocycles.